The number of halogens is 2. The van der Waals surface area contributed by atoms with E-state index in [0.29, 0.717) is 154 Å². The number of rotatable bonds is 8. The van der Waals surface area contributed by atoms with Gasteiger partial charge in [-0.15, -0.1) is 0 Å². The molecule has 20 rings (SSSR count). The Hall–Kier alpha value is -14.3. The molecule has 0 unspecified atom stereocenters. The van der Waals surface area contributed by atoms with Gasteiger partial charge in [-0.1, -0.05) is 72.8 Å². The van der Waals surface area contributed by atoms with E-state index >= 15 is 0 Å². The Kier molecular flexibility index (Phi) is 23.6. The highest BCUT2D eigenvalue weighted by Crippen LogP contribution is 2.35. The van der Waals surface area contributed by atoms with Gasteiger partial charge in [0.15, 0.2) is 0 Å². The molecule has 644 valence electrons. The third-order valence-corrected chi connectivity index (χ3v) is 24.0. The van der Waals surface area contributed by atoms with E-state index in [-0.39, 0.29) is 57.5 Å². The molecule has 0 saturated carbocycles. The van der Waals surface area contributed by atoms with Gasteiger partial charge in [0.05, 0.1) is 81.3 Å². The van der Waals surface area contributed by atoms with Crippen LogP contribution in [0.3, 0.4) is 0 Å². The number of methoxy groups -OCH3 is 2. The molecule has 4 amide bonds. The van der Waals surface area contributed by atoms with Gasteiger partial charge in [0.2, 0.25) is 0 Å². The van der Waals surface area contributed by atoms with Crippen LogP contribution in [0.4, 0.5) is 28.0 Å². The van der Waals surface area contributed by atoms with Crippen molar-refractivity contribution in [1.29, 1.82) is 0 Å². The summed E-state index contributed by atoms with van der Waals surface area (Å²) >= 11 is 0. The molecule has 0 aliphatic carbocycles. The molecule has 4 fully saturated rings. The van der Waals surface area contributed by atoms with E-state index in [4.69, 9.17) is 9.47 Å². The number of amides is 4. The van der Waals surface area contributed by atoms with Gasteiger partial charge in [0, 0.05) is 163 Å². The maximum Gasteiger partial charge on any atom is 0.328 e. The summed E-state index contributed by atoms with van der Waals surface area (Å²) in [5.41, 5.74) is 7.12. The summed E-state index contributed by atoms with van der Waals surface area (Å²) in [6, 6.07) is 56.2. The molecule has 32 heteroatoms. The Morgan fingerprint density at radius 1 is 0.310 bits per heavy atom. The molecule has 0 atom stereocenters. The molecule has 4 saturated heterocycles. The van der Waals surface area contributed by atoms with Crippen molar-refractivity contribution in [1.82, 2.24) is 96.6 Å². The van der Waals surface area contributed by atoms with Gasteiger partial charge in [-0.05, 0) is 163 Å². The number of ether oxygens (including phenoxy) is 2. The van der Waals surface area contributed by atoms with Crippen LogP contribution in [0, 0.1) is 11.6 Å². The molecule has 12 aliphatic rings. The van der Waals surface area contributed by atoms with Gasteiger partial charge < -0.3 is 38.9 Å². The zero-order chi connectivity index (χ0) is 87.9. The van der Waals surface area contributed by atoms with Gasteiger partial charge in [0.1, 0.15) is 45.9 Å². The number of pyridine rings is 4. The summed E-state index contributed by atoms with van der Waals surface area (Å²) in [7, 11) is 7.26. The minimum Gasteiger partial charge on any atom is -0.497 e. The van der Waals surface area contributed by atoms with Crippen molar-refractivity contribution in [2.24, 2.45) is 0 Å². The second-order valence-electron chi connectivity index (χ2n) is 32.3. The summed E-state index contributed by atoms with van der Waals surface area (Å²) in [5, 5.41) is 20.6. The molecule has 8 aromatic carbocycles. The van der Waals surface area contributed by atoms with E-state index in [0.717, 1.165) is 74.2 Å². The predicted octanol–water partition coefficient (Wildman–Crippen LogP) is 11.9. The Morgan fingerprint density at radius 3 is 0.849 bits per heavy atom. The van der Waals surface area contributed by atoms with Crippen LogP contribution in [0.2, 0.25) is 0 Å². The maximum atomic E-state index is 14.2. The van der Waals surface area contributed by atoms with Crippen LogP contribution in [0.15, 0.2) is 238 Å². The summed E-state index contributed by atoms with van der Waals surface area (Å²) in [6.07, 6.45) is 6.35. The van der Waals surface area contributed by atoms with Crippen molar-refractivity contribution in [3.63, 3.8) is 0 Å². The lowest BCUT2D eigenvalue weighted by molar-refractivity contribution is 0.120. The number of nitrogens with zero attached hydrogens (tertiary/aromatic N) is 20. The standard InChI is InChI=1S/C25H27N5O3.C24H24FN5O2.C23H23N5O3.C22H20FN5O2/c1-17(2)27-12-14-28(15-13-27)25(32)29-16-21-23(20-6-4-5-7-22(20)29)26-30(24(21)31)18-8-10-19(33-3)11-9-18;1-16(2)27-10-12-28(13-11-27)24(32)29-15-20-22(19-14-17(25)8-9-21(19)29)26-30(23(20)31)18-6-4-3-5-7-18;1-25-11-13-26(14-12-25)23(30)27-15-19-21(18-5-3-4-6-20(18)27)24-28(22(19)29)16-7-9-17(31-2)10-8-16;1-25-9-11-26(12-10-25)22(30)27-14-18-20(17-13-15(23)7-8-19(17)27)24-28(21(18)29)16-5-3-2-4-6-16/h4-11,16-17H,12-15H2,1-3H3;3-9,14-16H,10-13H2,1-2H3;3-10,15H,11-14H2,1-2H3;2-8,13-14H,9-12H2,1H3. The fourth-order valence-corrected chi connectivity index (χ4v) is 16.7. The molecule has 0 N–H and O–H groups in total. The van der Waals surface area contributed by atoms with Crippen LogP contribution in [0.5, 0.6) is 11.5 Å². The average molecular weight is 1700 g/mol. The first-order chi connectivity index (χ1) is 61.0. The van der Waals surface area contributed by atoms with Crippen LogP contribution in [0.25, 0.3) is 111 Å². The van der Waals surface area contributed by atoms with Crippen LogP contribution in [-0.2, 0) is 0 Å². The lowest BCUT2D eigenvalue weighted by Crippen LogP contribution is -2.51. The molecule has 8 aromatic rings. The molecule has 12 aliphatic heterocycles. The quantitative estimate of drug-likeness (QED) is 0.137. The van der Waals surface area contributed by atoms with Crippen molar-refractivity contribution in [3.05, 3.63) is 272 Å². The first kappa shape index (κ1) is 83.9. The Bertz CT molecular complexity index is 6840. The Morgan fingerprint density at radius 2 is 0.563 bits per heavy atom. The van der Waals surface area contributed by atoms with Crippen molar-refractivity contribution in [2.45, 2.75) is 39.8 Å². The van der Waals surface area contributed by atoms with E-state index < -0.39 is 11.6 Å². The normalized spacial score (nSPS) is 15.1. The van der Waals surface area contributed by atoms with Crippen LogP contribution >= 0.6 is 0 Å². The third kappa shape index (κ3) is 16.3. The number of para-hydroxylation sites is 4. The molecule has 0 radical (unpaired) electrons. The number of carbonyl (C=O) groups excluding carboxylic acids is 4. The SMILES string of the molecule is CC(C)N1CCN(C(=O)n2cc3c(=O)n(-c4ccccc4)nc-3c3cc(F)ccc32)CC1.CN1CCN(C(=O)n2cc3c(=O)n(-c4ccccc4)nc-3c3cc(F)ccc32)CC1.COc1ccc(-n2nc3c4ccccc4n(C(=O)N4CCN(C(C)C)CC4)cc-3c2=O)cc1.COc1ccc(-n2nc3c4ccccc4n(C(=O)N4CCN(C)CC4)cc-3c2=O)cc1. The van der Waals surface area contributed by atoms with Crippen LogP contribution in [-0.4, -0.2) is 266 Å². The van der Waals surface area contributed by atoms with Gasteiger partial charge in [0.25, 0.3) is 22.2 Å². The smallest absolute Gasteiger partial charge is 0.328 e. The van der Waals surface area contributed by atoms with Crippen molar-refractivity contribution >= 4 is 67.7 Å². The summed E-state index contributed by atoms with van der Waals surface area (Å²) < 4.78 is 50.1. The zero-order valence-electron chi connectivity index (χ0n) is 71.0. The first-order valence-electron chi connectivity index (χ1n) is 42.0. The topological polar surface area (TPSA) is 272 Å². The Balaban J connectivity index is 0.000000119. The number of carbonyl (C=O) groups is 4. The number of fused-ring (bicyclic) bond motifs is 12. The van der Waals surface area contributed by atoms with E-state index in [9.17, 15) is 47.1 Å². The van der Waals surface area contributed by atoms with E-state index in [2.05, 4.69) is 67.7 Å². The fraction of sp³-hybridized carbons (Fsp3) is 0.277. The van der Waals surface area contributed by atoms with E-state index in [1.165, 1.54) is 58.3 Å². The summed E-state index contributed by atoms with van der Waals surface area (Å²) in [4.78, 5) is 123. The lowest BCUT2D eigenvalue weighted by atomic mass is 10.1. The van der Waals surface area contributed by atoms with Gasteiger partial charge in [-0.25, -0.2) is 28.0 Å². The summed E-state index contributed by atoms with van der Waals surface area (Å²) in [5.74, 6) is 0.509. The molecule has 0 aromatic heterocycles. The number of benzene rings is 8. The number of likely N-dealkylation sites (N-methyl/N-ethyl adjacent to an activating group) is 2. The lowest BCUT2D eigenvalue weighted by Gasteiger charge is -2.37. The van der Waals surface area contributed by atoms with Crippen molar-refractivity contribution in [2.75, 3.05) is 133 Å². The molecular formula is C94H94F2N20O10. The molecule has 126 heavy (non-hydrogen) atoms. The van der Waals surface area contributed by atoms with Crippen molar-refractivity contribution < 1.29 is 37.4 Å². The summed E-state index contributed by atoms with van der Waals surface area (Å²) in [6.45, 7) is 20.1. The van der Waals surface area contributed by atoms with Gasteiger partial charge in [-0.3, -0.25) is 47.2 Å². The highest BCUT2D eigenvalue weighted by molar-refractivity contribution is 6.03. The molecule has 0 bridgehead atoms. The first-order valence-corrected chi connectivity index (χ1v) is 42.0. The molecule has 30 nitrogen and oxygen atoms in total. The third-order valence-electron chi connectivity index (χ3n) is 24.0. The number of hydrogen-bond donors (Lipinski definition) is 0. The monoisotopic (exact) mass is 1700 g/mol. The second kappa shape index (κ2) is 35.5. The Labute approximate surface area is 722 Å². The molecule has 12 heterocycles. The number of aromatic nitrogens is 12. The fourth-order valence-electron chi connectivity index (χ4n) is 16.7. The zero-order valence-corrected chi connectivity index (χ0v) is 71.0. The van der Waals surface area contributed by atoms with E-state index in [1.807, 2.05) is 109 Å². The highest BCUT2D eigenvalue weighted by Gasteiger charge is 2.34. The minimum absolute atomic E-state index is 0.117. The maximum absolute atomic E-state index is 14.2. The van der Waals surface area contributed by atoms with Crippen LogP contribution < -0.4 is 31.7 Å². The van der Waals surface area contributed by atoms with Crippen LogP contribution in [0.1, 0.15) is 27.7 Å². The largest absolute Gasteiger partial charge is 0.497 e. The van der Waals surface area contributed by atoms with E-state index in [1.54, 1.807) is 137 Å². The molecular weight excluding hydrogens is 1610 g/mol. The predicted molar refractivity (Wildman–Crippen MR) is 479 cm³/mol. The highest BCUT2D eigenvalue weighted by atomic mass is 19.1. The average Bonchev–Trinajstić information content (AvgIpc) is 1.59. The van der Waals surface area contributed by atoms with Gasteiger partial charge in [-0.2, -0.15) is 39.1 Å². The molecule has 0 spiro atoms. The van der Waals surface area contributed by atoms with Crippen molar-refractivity contribution in [3.8, 4) is 79.3 Å². The number of hydrogen-bond acceptors (Lipinski definition) is 18. The number of piperazine rings is 4. The van der Waals surface area contributed by atoms with Gasteiger partial charge >= 0.3 is 24.1 Å². The second-order valence-corrected chi connectivity index (χ2v) is 32.3. The minimum atomic E-state index is -0.449.